The summed E-state index contributed by atoms with van der Waals surface area (Å²) in [6.45, 7) is 0.850. The second kappa shape index (κ2) is 8.32. The number of nitrogens with zero attached hydrogens (tertiary/aromatic N) is 2. The molecule has 2 heterocycles. The molecule has 0 saturated carbocycles. The molecule has 1 aliphatic heterocycles. The average Bonchev–Trinajstić information content (AvgIpc) is 3.16. The Bertz CT molecular complexity index is 1250. The van der Waals surface area contributed by atoms with Crippen LogP contribution in [-0.4, -0.2) is 34.7 Å². The molecule has 0 bridgehead atoms. The number of fused-ring (bicyclic) bond motifs is 2. The Labute approximate surface area is 184 Å². The molecule has 0 unspecified atom stereocenters. The van der Waals surface area contributed by atoms with Crippen LogP contribution < -0.4 is 14.8 Å². The first-order valence-electron chi connectivity index (χ1n) is 10.0. The van der Waals surface area contributed by atoms with E-state index in [4.69, 9.17) is 26.1 Å². The Balaban J connectivity index is 1.34. The number of hydrogen-bond acceptors (Lipinski definition) is 4. The van der Waals surface area contributed by atoms with Gasteiger partial charge in [-0.25, -0.2) is 4.98 Å². The van der Waals surface area contributed by atoms with Gasteiger partial charge >= 0.3 is 0 Å². The van der Waals surface area contributed by atoms with Crippen molar-refractivity contribution in [3.8, 4) is 22.9 Å². The molecule has 0 fully saturated rings. The molecule has 3 aromatic carbocycles. The Morgan fingerprint density at radius 1 is 1.03 bits per heavy atom. The van der Waals surface area contributed by atoms with Gasteiger partial charge in [-0.2, -0.15) is 0 Å². The van der Waals surface area contributed by atoms with Gasteiger partial charge < -0.3 is 19.4 Å². The molecule has 0 saturated heterocycles. The molecule has 1 N–H and O–H groups in total. The van der Waals surface area contributed by atoms with Crippen molar-refractivity contribution in [1.82, 2.24) is 14.9 Å². The van der Waals surface area contributed by atoms with E-state index in [2.05, 4.69) is 5.32 Å². The van der Waals surface area contributed by atoms with Crippen molar-refractivity contribution in [2.24, 2.45) is 0 Å². The van der Waals surface area contributed by atoms with E-state index in [1.165, 1.54) is 0 Å². The lowest BCUT2D eigenvalue weighted by Crippen LogP contribution is -2.41. The zero-order valence-electron chi connectivity index (χ0n) is 16.6. The first-order chi connectivity index (χ1) is 15.2. The summed E-state index contributed by atoms with van der Waals surface area (Å²) >= 11 is 6.41. The molecule has 0 spiro atoms. The van der Waals surface area contributed by atoms with Crippen LogP contribution in [0.3, 0.4) is 0 Å². The molecule has 156 valence electrons. The van der Waals surface area contributed by atoms with Gasteiger partial charge in [-0.15, -0.1) is 0 Å². The van der Waals surface area contributed by atoms with E-state index in [0.717, 1.165) is 22.3 Å². The van der Waals surface area contributed by atoms with Crippen LogP contribution in [0.15, 0.2) is 72.8 Å². The molecule has 6 nitrogen and oxygen atoms in total. The number of nitrogens with one attached hydrogen (secondary N) is 1. The maximum atomic E-state index is 12.8. The normalized spacial score (nSPS) is 15.1. The molecule has 0 aliphatic carbocycles. The van der Waals surface area contributed by atoms with E-state index in [9.17, 15) is 4.79 Å². The highest BCUT2D eigenvalue weighted by atomic mass is 35.5. The Kier molecular flexibility index (Phi) is 5.22. The molecule has 0 radical (unpaired) electrons. The topological polar surface area (TPSA) is 65.4 Å². The zero-order valence-corrected chi connectivity index (χ0v) is 17.4. The van der Waals surface area contributed by atoms with Crippen LogP contribution in [-0.2, 0) is 11.3 Å². The van der Waals surface area contributed by atoms with Gasteiger partial charge in [0.05, 0.1) is 22.6 Å². The number of carbonyl (C=O) groups is 1. The van der Waals surface area contributed by atoms with E-state index < -0.39 is 0 Å². The molecule has 1 atom stereocenters. The summed E-state index contributed by atoms with van der Waals surface area (Å²) in [5, 5.41) is 3.54. The second-order valence-electron chi connectivity index (χ2n) is 7.29. The predicted molar refractivity (Wildman–Crippen MR) is 120 cm³/mol. The van der Waals surface area contributed by atoms with Gasteiger partial charge in [-0.1, -0.05) is 48.0 Å². The van der Waals surface area contributed by atoms with E-state index >= 15 is 0 Å². The summed E-state index contributed by atoms with van der Waals surface area (Å²) in [7, 11) is 0. The van der Waals surface area contributed by atoms with Crippen LogP contribution in [0, 0.1) is 0 Å². The minimum absolute atomic E-state index is 0.116. The fraction of sp³-hybridized carbons (Fsp3) is 0.167. The quantitative estimate of drug-likeness (QED) is 0.509. The van der Waals surface area contributed by atoms with Gasteiger partial charge in [0.1, 0.15) is 25.1 Å². The number of amides is 1. The van der Waals surface area contributed by atoms with E-state index in [0.29, 0.717) is 29.7 Å². The van der Waals surface area contributed by atoms with Crippen molar-refractivity contribution in [1.29, 1.82) is 0 Å². The number of halogens is 1. The van der Waals surface area contributed by atoms with Gasteiger partial charge in [0.25, 0.3) is 0 Å². The smallest absolute Gasteiger partial charge is 0.240 e. The average molecular weight is 434 g/mol. The van der Waals surface area contributed by atoms with Gasteiger partial charge in [0, 0.05) is 5.56 Å². The van der Waals surface area contributed by atoms with Gasteiger partial charge in [0.2, 0.25) is 5.91 Å². The Hall–Kier alpha value is -3.51. The minimum atomic E-state index is -0.249. The first-order valence-corrected chi connectivity index (χ1v) is 10.4. The van der Waals surface area contributed by atoms with Crippen molar-refractivity contribution >= 4 is 28.5 Å². The summed E-state index contributed by atoms with van der Waals surface area (Å²) in [5.41, 5.74) is 2.47. The molecule has 31 heavy (non-hydrogen) atoms. The SMILES string of the molecule is O=C(Cn1c(-c2ccccc2Cl)nc2ccccc21)NC[C@H]1COc2ccccc2O1. The lowest BCUT2D eigenvalue weighted by atomic mass is 10.2. The lowest BCUT2D eigenvalue weighted by Gasteiger charge is -2.26. The highest BCUT2D eigenvalue weighted by Crippen LogP contribution is 2.31. The van der Waals surface area contributed by atoms with E-state index in [1.54, 1.807) is 0 Å². The zero-order chi connectivity index (χ0) is 21.2. The molecule has 4 aromatic rings. The summed E-state index contributed by atoms with van der Waals surface area (Å²) in [5.74, 6) is 1.93. The van der Waals surface area contributed by atoms with Crippen molar-refractivity contribution in [3.63, 3.8) is 0 Å². The van der Waals surface area contributed by atoms with Crippen LogP contribution in [0.1, 0.15) is 0 Å². The predicted octanol–water partition coefficient (Wildman–Crippen LogP) is 4.31. The van der Waals surface area contributed by atoms with Crippen molar-refractivity contribution in [2.75, 3.05) is 13.2 Å². The van der Waals surface area contributed by atoms with Gasteiger partial charge in [-0.05, 0) is 36.4 Å². The molecule has 5 rings (SSSR count). The second-order valence-corrected chi connectivity index (χ2v) is 7.70. The number of para-hydroxylation sites is 4. The Morgan fingerprint density at radius 2 is 1.77 bits per heavy atom. The van der Waals surface area contributed by atoms with E-state index in [1.807, 2.05) is 77.4 Å². The first kappa shape index (κ1) is 19.5. The number of carbonyl (C=O) groups excluding carboxylic acids is 1. The summed E-state index contributed by atoms with van der Waals surface area (Å²) in [4.78, 5) is 17.5. The molecule has 1 aromatic heterocycles. The number of imidazole rings is 1. The maximum Gasteiger partial charge on any atom is 0.240 e. The minimum Gasteiger partial charge on any atom is -0.486 e. The fourth-order valence-electron chi connectivity index (χ4n) is 3.67. The summed E-state index contributed by atoms with van der Waals surface area (Å²) < 4.78 is 13.5. The monoisotopic (exact) mass is 433 g/mol. The third-order valence-corrected chi connectivity index (χ3v) is 5.50. The van der Waals surface area contributed by atoms with Crippen LogP contribution in [0.25, 0.3) is 22.4 Å². The number of hydrogen-bond donors (Lipinski definition) is 1. The van der Waals surface area contributed by atoms with Crippen LogP contribution >= 0.6 is 11.6 Å². The van der Waals surface area contributed by atoms with Crippen LogP contribution in [0.4, 0.5) is 0 Å². The number of aromatic nitrogens is 2. The van der Waals surface area contributed by atoms with Crippen LogP contribution in [0.2, 0.25) is 5.02 Å². The third-order valence-electron chi connectivity index (χ3n) is 5.17. The van der Waals surface area contributed by atoms with Crippen molar-refractivity contribution in [2.45, 2.75) is 12.6 Å². The molecule has 1 aliphatic rings. The number of ether oxygens (including phenoxy) is 2. The maximum absolute atomic E-state index is 12.8. The van der Waals surface area contributed by atoms with Gasteiger partial charge in [0.15, 0.2) is 11.5 Å². The Morgan fingerprint density at radius 3 is 2.65 bits per heavy atom. The lowest BCUT2D eigenvalue weighted by molar-refractivity contribution is -0.122. The highest BCUT2D eigenvalue weighted by molar-refractivity contribution is 6.33. The standard InChI is InChI=1S/C24H20ClN3O3/c25-18-8-2-1-7-17(18)24-27-19-9-3-4-10-20(19)28(24)14-23(29)26-13-16-15-30-21-11-5-6-12-22(21)31-16/h1-12,16H,13-15H2,(H,26,29)/t16-/m0/s1. The summed E-state index contributed by atoms with van der Waals surface area (Å²) in [6.07, 6.45) is -0.249. The van der Waals surface area contributed by atoms with Crippen LogP contribution in [0.5, 0.6) is 11.5 Å². The molecular weight excluding hydrogens is 414 g/mol. The third kappa shape index (κ3) is 3.94. The molecule has 1 amide bonds. The fourth-order valence-corrected chi connectivity index (χ4v) is 3.89. The van der Waals surface area contributed by atoms with E-state index in [-0.39, 0.29) is 18.6 Å². The largest absolute Gasteiger partial charge is 0.486 e. The molecular formula is C24H20ClN3O3. The van der Waals surface area contributed by atoms with Gasteiger partial charge in [-0.3, -0.25) is 4.79 Å². The van der Waals surface area contributed by atoms with Crippen molar-refractivity contribution in [3.05, 3.63) is 77.8 Å². The summed E-state index contributed by atoms with van der Waals surface area (Å²) in [6, 6.07) is 22.7. The number of benzene rings is 3. The molecule has 7 heteroatoms. The highest BCUT2D eigenvalue weighted by Gasteiger charge is 2.22. The van der Waals surface area contributed by atoms with Crippen molar-refractivity contribution < 1.29 is 14.3 Å². The number of rotatable bonds is 5.